The molecule has 2 N–H and O–H groups in total. The Kier molecular flexibility index (Phi) is 5.97. The molecule has 0 saturated carbocycles. The molecule has 25 heavy (non-hydrogen) atoms. The summed E-state index contributed by atoms with van der Waals surface area (Å²) in [5, 5.41) is 17.1. The highest BCUT2D eigenvalue weighted by Crippen LogP contribution is 2.20. The van der Waals surface area contributed by atoms with Crippen LogP contribution in [0.25, 0.3) is 0 Å². The van der Waals surface area contributed by atoms with E-state index in [1.54, 1.807) is 18.4 Å². The van der Waals surface area contributed by atoms with Crippen LogP contribution in [0.5, 0.6) is 5.75 Å². The minimum absolute atomic E-state index is 0.263. The number of benzene rings is 1. The van der Waals surface area contributed by atoms with Gasteiger partial charge in [-0.05, 0) is 35.6 Å². The third kappa shape index (κ3) is 5.27. The molecule has 0 fully saturated rings. The van der Waals surface area contributed by atoms with Crippen LogP contribution in [0.4, 0.5) is 9.93 Å². The zero-order valence-electron chi connectivity index (χ0n) is 13.7. The molecule has 1 aromatic carbocycles. The lowest BCUT2D eigenvalue weighted by atomic mass is 10.1. The Balaban J connectivity index is 1.48. The Morgan fingerprint density at radius 1 is 1.24 bits per heavy atom. The smallest absolute Gasteiger partial charge is 0.321 e. The summed E-state index contributed by atoms with van der Waals surface area (Å²) in [7, 11) is 1.64. The van der Waals surface area contributed by atoms with Crippen molar-refractivity contribution in [2.75, 3.05) is 19.0 Å². The molecule has 0 bridgehead atoms. The highest BCUT2D eigenvalue weighted by atomic mass is 32.1. The van der Waals surface area contributed by atoms with E-state index < -0.39 is 0 Å². The minimum atomic E-state index is -0.263. The summed E-state index contributed by atoms with van der Waals surface area (Å²) < 4.78 is 5.22. The van der Waals surface area contributed by atoms with Gasteiger partial charge in [0.2, 0.25) is 5.13 Å². The first-order valence-electron chi connectivity index (χ1n) is 7.75. The Labute approximate surface area is 153 Å². The predicted octanol–water partition coefficient (Wildman–Crippen LogP) is 3.56. The predicted molar refractivity (Wildman–Crippen MR) is 101 cm³/mol. The first kappa shape index (κ1) is 17.4. The average molecular weight is 374 g/mol. The van der Waals surface area contributed by atoms with Gasteiger partial charge in [-0.3, -0.25) is 5.32 Å². The van der Waals surface area contributed by atoms with E-state index in [0.717, 1.165) is 22.7 Å². The zero-order chi connectivity index (χ0) is 17.5. The average Bonchev–Trinajstić information content (AvgIpc) is 3.27. The van der Waals surface area contributed by atoms with Gasteiger partial charge in [-0.25, -0.2) is 4.79 Å². The zero-order valence-corrected chi connectivity index (χ0v) is 15.3. The molecule has 0 aliphatic rings. The molecule has 2 aromatic heterocycles. The van der Waals surface area contributed by atoms with Crippen molar-refractivity contribution in [3.63, 3.8) is 0 Å². The molecule has 3 rings (SSSR count). The molecule has 8 heteroatoms. The van der Waals surface area contributed by atoms with E-state index in [1.165, 1.54) is 16.2 Å². The van der Waals surface area contributed by atoms with Gasteiger partial charge in [-0.1, -0.05) is 29.5 Å². The van der Waals surface area contributed by atoms with Gasteiger partial charge in [0.15, 0.2) is 0 Å². The van der Waals surface area contributed by atoms with Gasteiger partial charge in [-0.2, -0.15) is 0 Å². The van der Waals surface area contributed by atoms with Gasteiger partial charge in [0.25, 0.3) is 0 Å². The molecule has 0 unspecified atom stereocenters. The van der Waals surface area contributed by atoms with E-state index in [2.05, 4.69) is 26.9 Å². The van der Waals surface area contributed by atoms with Crippen LogP contribution in [0, 0.1) is 0 Å². The number of urea groups is 1. The normalized spacial score (nSPS) is 10.4. The van der Waals surface area contributed by atoms with Crippen LogP contribution in [0.3, 0.4) is 0 Å². The molecular weight excluding hydrogens is 356 g/mol. The van der Waals surface area contributed by atoms with Crippen LogP contribution in [0.15, 0.2) is 41.8 Å². The fourth-order valence-electron chi connectivity index (χ4n) is 2.23. The number of ether oxygens (including phenoxy) is 1. The Hall–Kier alpha value is -2.45. The maximum absolute atomic E-state index is 11.9. The summed E-state index contributed by atoms with van der Waals surface area (Å²) in [6.45, 7) is 0.585. The number of hydrogen-bond acceptors (Lipinski definition) is 6. The van der Waals surface area contributed by atoms with Gasteiger partial charge >= 0.3 is 6.03 Å². The molecule has 130 valence electrons. The number of carbonyl (C=O) groups excluding carboxylic acids is 1. The highest BCUT2D eigenvalue weighted by Gasteiger charge is 2.09. The summed E-state index contributed by atoms with van der Waals surface area (Å²) >= 11 is 3.05. The second kappa shape index (κ2) is 8.59. The van der Waals surface area contributed by atoms with Crippen LogP contribution < -0.4 is 15.4 Å². The third-order valence-corrected chi connectivity index (χ3v) is 5.19. The number of rotatable bonds is 7. The summed E-state index contributed by atoms with van der Waals surface area (Å²) in [5.41, 5.74) is 1.09. The van der Waals surface area contributed by atoms with Gasteiger partial charge < -0.3 is 10.1 Å². The van der Waals surface area contributed by atoms with Crippen molar-refractivity contribution < 1.29 is 9.53 Å². The molecule has 0 aliphatic carbocycles. The quantitative estimate of drug-likeness (QED) is 0.663. The van der Waals surface area contributed by atoms with Gasteiger partial charge in [-0.15, -0.1) is 21.5 Å². The summed E-state index contributed by atoms with van der Waals surface area (Å²) in [6.07, 6.45) is 1.47. The number of thiophene rings is 1. The molecular formula is C17H18N4O2S2. The van der Waals surface area contributed by atoms with E-state index in [4.69, 9.17) is 4.74 Å². The number of methoxy groups -OCH3 is 1. The number of anilines is 1. The van der Waals surface area contributed by atoms with E-state index in [0.29, 0.717) is 18.1 Å². The number of hydrogen-bond donors (Lipinski definition) is 2. The van der Waals surface area contributed by atoms with E-state index in [1.807, 2.05) is 35.7 Å². The van der Waals surface area contributed by atoms with Crippen molar-refractivity contribution in [3.8, 4) is 5.75 Å². The van der Waals surface area contributed by atoms with Gasteiger partial charge in [0.05, 0.1) is 7.11 Å². The lowest BCUT2D eigenvalue weighted by Gasteiger charge is -2.03. The van der Waals surface area contributed by atoms with Crippen molar-refractivity contribution in [2.24, 2.45) is 0 Å². The van der Waals surface area contributed by atoms with Crippen molar-refractivity contribution in [2.45, 2.75) is 12.8 Å². The fraction of sp³-hybridized carbons (Fsp3) is 0.235. The van der Waals surface area contributed by atoms with Crippen molar-refractivity contribution >= 4 is 33.8 Å². The van der Waals surface area contributed by atoms with Crippen LogP contribution in [0.1, 0.15) is 15.4 Å². The largest absolute Gasteiger partial charge is 0.497 e. The van der Waals surface area contributed by atoms with E-state index in [-0.39, 0.29) is 6.03 Å². The molecule has 0 spiro atoms. The molecule has 2 heterocycles. The topological polar surface area (TPSA) is 76.1 Å². The van der Waals surface area contributed by atoms with E-state index >= 15 is 0 Å². The molecule has 0 aliphatic heterocycles. The Morgan fingerprint density at radius 2 is 2.16 bits per heavy atom. The van der Waals surface area contributed by atoms with Crippen LogP contribution >= 0.6 is 22.7 Å². The minimum Gasteiger partial charge on any atom is -0.497 e. The SMILES string of the molecule is COc1cccc(Cc2nnc(NC(=O)NCCc3cccs3)s2)c1. The maximum Gasteiger partial charge on any atom is 0.321 e. The standard InChI is InChI=1S/C17H18N4O2S2/c1-23-13-5-2-4-12(10-13)11-15-20-21-17(25-15)19-16(22)18-8-7-14-6-3-9-24-14/h2-6,9-10H,7-8,11H2,1H3,(H2,18,19,21,22). The summed E-state index contributed by atoms with van der Waals surface area (Å²) in [4.78, 5) is 13.1. The second-order valence-corrected chi connectivity index (χ2v) is 7.33. The van der Waals surface area contributed by atoms with Crippen molar-refractivity contribution in [1.29, 1.82) is 0 Å². The van der Waals surface area contributed by atoms with Gasteiger partial charge in [0, 0.05) is 17.8 Å². The van der Waals surface area contributed by atoms with Crippen LogP contribution in [-0.4, -0.2) is 29.9 Å². The first-order chi connectivity index (χ1) is 12.2. The number of amides is 2. The second-order valence-electron chi connectivity index (χ2n) is 5.24. The Bertz CT molecular complexity index is 818. The molecule has 0 saturated heterocycles. The summed E-state index contributed by atoms with van der Waals surface area (Å²) in [5.74, 6) is 0.811. The summed E-state index contributed by atoms with van der Waals surface area (Å²) in [6, 6.07) is 11.6. The molecule has 6 nitrogen and oxygen atoms in total. The number of carbonyl (C=O) groups is 1. The first-order valence-corrected chi connectivity index (χ1v) is 9.45. The molecule has 3 aromatic rings. The monoisotopic (exact) mass is 374 g/mol. The molecule has 2 amide bonds. The number of aromatic nitrogens is 2. The Morgan fingerprint density at radius 3 is 2.96 bits per heavy atom. The van der Waals surface area contributed by atoms with Crippen molar-refractivity contribution in [3.05, 3.63) is 57.2 Å². The lowest BCUT2D eigenvalue weighted by Crippen LogP contribution is -2.30. The van der Waals surface area contributed by atoms with Crippen LogP contribution in [-0.2, 0) is 12.8 Å². The van der Waals surface area contributed by atoms with E-state index in [9.17, 15) is 4.79 Å². The van der Waals surface area contributed by atoms with Crippen LogP contribution in [0.2, 0.25) is 0 Å². The third-order valence-electron chi connectivity index (χ3n) is 3.41. The molecule has 0 atom stereocenters. The number of nitrogens with zero attached hydrogens (tertiary/aromatic N) is 2. The maximum atomic E-state index is 11.9. The van der Waals surface area contributed by atoms with Crippen molar-refractivity contribution in [1.82, 2.24) is 15.5 Å². The van der Waals surface area contributed by atoms with Gasteiger partial charge in [0.1, 0.15) is 10.8 Å². The lowest BCUT2D eigenvalue weighted by molar-refractivity contribution is 0.252. The number of nitrogens with one attached hydrogen (secondary N) is 2. The highest BCUT2D eigenvalue weighted by molar-refractivity contribution is 7.15. The fourth-order valence-corrected chi connectivity index (χ4v) is 3.71. The molecule has 0 radical (unpaired) electrons.